The Hall–Kier alpha value is -3.81. The van der Waals surface area contributed by atoms with Gasteiger partial charge in [-0.3, -0.25) is 9.59 Å². The van der Waals surface area contributed by atoms with E-state index < -0.39 is 29.3 Å². The Morgan fingerprint density at radius 3 is 2.36 bits per heavy atom. The molecule has 1 aromatic heterocycles. The Kier molecular flexibility index (Phi) is 5.59. The van der Waals surface area contributed by atoms with Crippen molar-refractivity contribution in [3.8, 4) is 5.69 Å². The minimum absolute atomic E-state index is 0.0891. The summed E-state index contributed by atoms with van der Waals surface area (Å²) in [5.41, 5.74) is 0.257. The summed E-state index contributed by atoms with van der Waals surface area (Å²) in [7, 11) is 1.22. The second kappa shape index (κ2) is 8.26. The van der Waals surface area contributed by atoms with Crippen molar-refractivity contribution in [2.24, 2.45) is 0 Å². The van der Waals surface area contributed by atoms with Crippen molar-refractivity contribution >= 4 is 11.9 Å². The van der Waals surface area contributed by atoms with Gasteiger partial charge in [-0.2, -0.15) is 9.78 Å². The number of hydrogen-bond acceptors (Lipinski definition) is 5. The SMILES string of the molecule is COC(=O)C(NC(=O)c1ccc(=O)n(-c2ccc(F)cc2)n1)c1ccccc1. The third-order valence-corrected chi connectivity index (χ3v) is 3.95. The molecule has 8 heteroatoms. The van der Waals surface area contributed by atoms with E-state index in [1.807, 2.05) is 0 Å². The van der Waals surface area contributed by atoms with Gasteiger partial charge in [-0.1, -0.05) is 30.3 Å². The smallest absolute Gasteiger partial charge is 0.333 e. The van der Waals surface area contributed by atoms with Crippen LogP contribution in [0.4, 0.5) is 4.39 Å². The second-order valence-corrected chi connectivity index (χ2v) is 5.79. The van der Waals surface area contributed by atoms with Crippen molar-refractivity contribution < 1.29 is 18.7 Å². The summed E-state index contributed by atoms with van der Waals surface area (Å²) in [5.74, 6) is -1.78. The van der Waals surface area contributed by atoms with Crippen LogP contribution in [0.25, 0.3) is 5.69 Å². The standard InChI is InChI=1S/C20H16FN3O4/c1-28-20(27)18(13-5-3-2-4-6-13)22-19(26)16-11-12-17(25)24(23-16)15-9-7-14(21)8-10-15/h2-12,18H,1H3,(H,22,26). The first-order valence-electron chi connectivity index (χ1n) is 8.29. The molecule has 1 N–H and O–H groups in total. The van der Waals surface area contributed by atoms with Crippen molar-refractivity contribution in [3.63, 3.8) is 0 Å². The predicted octanol–water partition coefficient (Wildman–Crippen LogP) is 2.02. The van der Waals surface area contributed by atoms with Gasteiger partial charge in [0.25, 0.3) is 11.5 Å². The number of amides is 1. The highest BCUT2D eigenvalue weighted by molar-refractivity contribution is 5.95. The molecule has 0 bridgehead atoms. The van der Waals surface area contributed by atoms with Crippen molar-refractivity contribution in [1.82, 2.24) is 15.1 Å². The largest absolute Gasteiger partial charge is 0.467 e. The molecular formula is C20H16FN3O4. The van der Waals surface area contributed by atoms with E-state index in [4.69, 9.17) is 4.74 Å². The lowest BCUT2D eigenvalue weighted by Crippen LogP contribution is -2.36. The zero-order chi connectivity index (χ0) is 20.1. The Balaban J connectivity index is 1.91. The highest BCUT2D eigenvalue weighted by Gasteiger charge is 2.24. The second-order valence-electron chi connectivity index (χ2n) is 5.79. The van der Waals surface area contributed by atoms with Gasteiger partial charge < -0.3 is 10.1 Å². The van der Waals surface area contributed by atoms with Crippen LogP contribution in [0, 0.1) is 5.82 Å². The molecule has 2 aromatic carbocycles. The quantitative estimate of drug-likeness (QED) is 0.683. The molecule has 1 atom stereocenters. The van der Waals surface area contributed by atoms with Crippen molar-refractivity contribution in [2.75, 3.05) is 7.11 Å². The fraction of sp³-hybridized carbons (Fsp3) is 0.100. The first-order chi connectivity index (χ1) is 13.5. The van der Waals surface area contributed by atoms with Crippen LogP contribution in [0.5, 0.6) is 0 Å². The van der Waals surface area contributed by atoms with E-state index in [2.05, 4.69) is 10.4 Å². The minimum Gasteiger partial charge on any atom is -0.467 e. The number of benzene rings is 2. The zero-order valence-electron chi connectivity index (χ0n) is 14.8. The molecule has 1 amide bonds. The zero-order valence-corrected chi connectivity index (χ0v) is 14.8. The number of methoxy groups -OCH3 is 1. The van der Waals surface area contributed by atoms with Crippen LogP contribution in [-0.4, -0.2) is 28.8 Å². The van der Waals surface area contributed by atoms with Gasteiger partial charge in [-0.05, 0) is 35.9 Å². The van der Waals surface area contributed by atoms with Crippen LogP contribution < -0.4 is 10.9 Å². The fourth-order valence-corrected chi connectivity index (χ4v) is 2.55. The molecule has 28 heavy (non-hydrogen) atoms. The van der Waals surface area contributed by atoms with Crippen LogP contribution in [0.3, 0.4) is 0 Å². The van der Waals surface area contributed by atoms with Crippen LogP contribution >= 0.6 is 0 Å². The maximum absolute atomic E-state index is 13.1. The van der Waals surface area contributed by atoms with E-state index in [0.29, 0.717) is 11.3 Å². The Morgan fingerprint density at radius 1 is 1.04 bits per heavy atom. The van der Waals surface area contributed by atoms with Gasteiger partial charge in [0.15, 0.2) is 6.04 Å². The third-order valence-electron chi connectivity index (χ3n) is 3.95. The molecule has 3 aromatic rings. The molecule has 0 aliphatic rings. The lowest BCUT2D eigenvalue weighted by atomic mass is 10.1. The average Bonchev–Trinajstić information content (AvgIpc) is 2.73. The van der Waals surface area contributed by atoms with Gasteiger partial charge in [0.2, 0.25) is 0 Å². The Labute approximate surface area is 159 Å². The number of halogens is 1. The topological polar surface area (TPSA) is 90.3 Å². The van der Waals surface area contributed by atoms with Gasteiger partial charge in [0.05, 0.1) is 12.8 Å². The summed E-state index contributed by atoms with van der Waals surface area (Å²) in [6, 6.07) is 15.1. The van der Waals surface area contributed by atoms with Crippen molar-refractivity contribution in [1.29, 1.82) is 0 Å². The molecule has 0 aliphatic carbocycles. The molecule has 0 spiro atoms. The van der Waals surface area contributed by atoms with Crippen molar-refractivity contribution in [3.05, 3.63) is 94.2 Å². The molecule has 0 aliphatic heterocycles. The molecule has 142 valence electrons. The molecule has 3 rings (SSSR count). The maximum Gasteiger partial charge on any atom is 0.333 e. The Bertz CT molecular complexity index is 1050. The summed E-state index contributed by atoms with van der Waals surface area (Å²) in [6.07, 6.45) is 0. The predicted molar refractivity (Wildman–Crippen MR) is 98.5 cm³/mol. The van der Waals surface area contributed by atoms with E-state index in [9.17, 15) is 18.8 Å². The van der Waals surface area contributed by atoms with Gasteiger partial charge >= 0.3 is 5.97 Å². The minimum atomic E-state index is -1.04. The highest BCUT2D eigenvalue weighted by Crippen LogP contribution is 2.15. The lowest BCUT2D eigenvalue weighted by molar-refractivity contribution is -0.143. The van der Waals surface area contributed by atoms with E-state index in [1.165, 1.54) is 43.5 Å². The normalized spacial score (nSPS) is 11.5. The molecule has 0 saturated heterocycles. The number of esters is 1. The Morgan fingerprint density at radius 2 is 1.71 bits per heavy atom. The number of hydrogen-bond donors (Lipinski definition) is 1. The van der Waals surface area contributed by atoms with Gasteiger partial charge in [-0.25, -0.2) is 9.18 Å². The van der Waals surface area contributed by atoms with Crippen molar-refractivity contribution in [2.45, 2.75) is 6.04 Å². The van der Waals surface area contributed by atoms with Crippen LogP contribution in [0.15, 0.2) is 71.5 Å². The van der Waals surface area contributed by atoms with Gasteiger partial charge in [0, 0.05) is 6.07 Å². The fourth-order valence-electron chi connectivity index (χ4n) is 2.55. The molecule has 0 saturated carbocycles. The van der Waals surface area contributed by atoms with Crippen LogP contribution in [0.2, 0.25) is 0 Å². The maximum atomic E-state index is 13.1. The summed E-state index contributed by atoms with van der Waals surface area (Å²) >= 11 is 0. The highest BCUT2D eigenvalue weighted by atomic mass is 19.1. The molecule has 7 nitrogen and oxygen atoms in total. The van der Waals surface area contributed by atoms with Gasteiger partial charge in [0.1, 0.15) is 11.5 Å². The summed E-state index contributed by atoms with van der Waals surface area (Å²) in [6.45, 7) is 0. The van der Waals surface area contributed by atoms with Crippen LogP contribution in [-0.2, 0) is 9.53 Å². The summed E-state index contributed by atoms with van der Waals surface area (Å²) in [5, 5.41) is 6.58. The third kappa shape index (κ3) is 4.12. The lowest BCUT2D eigenvalue weighted by Gasteiger charge is -2.17. The number of carbonyl (C=O) groups is 2. The number of ether oxygens (including phenoxy) is 1. The number of nitrogens with one attached hydrogen (secondary N) is 1. The molecule has 0 fully saturated rings. The van der Waals surface area contributed by atoms with E-state index in [1.54, 1.807) is 30.3 Å². The summed E-state index contributed by atoms with van der Waals surface area (Å²) < 4.78 is 18.8. The van der Waals surface area contributed by atoms with Crippen LogP contribution in [0.1, 0.15) is 22.1 Å². The van der Waals surface area contributed by atoms with E-state index in [0.717, 1.165) is 4.68 Å². The first-order valence-corrected chi connectivity index (χ1v) is 8.29. The summed E-state index contributed by atoms with van der Waals surface area (Å²) in [4.78, 5) is 36.8. The number of carbonyl (C=O) groups excluding carboxylic acids is 2. The molecule has 1 heterocycles. The van der Waals surface area contributed by atoms with Gasteiger partial charge in [-0.15, -0.1) is 0 Å². The molecule has 0 radical (unpaired) electrons. The number of aromatic nitrogens is 2. The number of nitrogens with zero attached hydrogens (tertiary/aromatic N) is 2. The monoisotopic (exact) mass is 381 g/mol. The molecule has 1 unspecified atom stereocenters. The average molecular weight is 381 g/mol. The molecular weight excluding hydrogens is 365 g/mol. The van der Waals surface area contributed by atoms with E-state index >= 15 is 0 Å². The first kappa shape index (κ1) is 19.0. The number of rotatable bonds is 5. The van der Waals surface area contributed by atoms with E-state index in [-0.39, 0.29) is 5.69 Å².